The number of halogens is 1. The monoisotopic (exact) mass is 440 g/mol. The molecule has 1 saturated carbocycles. The molecule has 2 aliphatic rings. The highest BCUT2D eigenvalue weighted by Crippen LogP contribution is 2.41. The van der Waals surface area contributed by atoms with Crippen LogP contribution in [0, 0.1) is 5.82 Å². The van der Waals surface area contributed by atoms with Crippen LogP contribution in [0.25, 0.3) is 0 Å². The quantitative estimate of drug-likeness (QED) is 0.657. The smallest absolute Gasteiger partial charge is 0.123 e. The van der Waals surface area contributed by atoms with E-state index >= 15 is 0 Å². The summed E-state index contributed by atoms with van der Waals surface area (Å²) < 4.78 is 19.3. The van der Waals surface area contributed by atoms with E-state index < -0.39 is 5.60 Å². The van der Waals surface area contributed by atoms with Gasteiger partial charge in [-0.25, -0.2) is 4.39 Å². The third-order valence-corrected chi connectivity index (χ3v) is 7.24. The first kappa shape index (κ1) is 23.2. The van der Waals surface area contributed by atoms with Crippen LogP contribution in [-0.4, -0.2) is 66.9 Å². The Balaban J connectivity index is 1.41. The third-order valence-electron chi connectivity index (χ3n) is 7.24. The normalized spacial score (nSPS) is 20.7. The van der Waals surface area contributed by atoms with Crippen LogP contribution in [0.5, 0.6) is 5.75 Å². The first-order valence-corrected chi connectivity index (χ1v) is 12.1. The molecule has 4 nitrogen and oxygen atoms in total. The average Bonchev–Trinajstić information content (AvgIpc) is 2.80. The fourth-order valence-electron chi connectivity index (χ4n) is 5.16. The molecule has 0 bridgehead atoms. The van der Waals surface area contributed by atoms with Gasteiger partial charge in [-0.15, -0.1) is 0 Å². The number of piperazine rings is 1. The zero-order valence-electron chi connectivity index (χ0n) is 19.3. The zero-order valence-corrected chi connectivity index (χ0v) is 19.3. The van der Waals surface area contributed by atoms with E-state index in [-0.39, 0.29) is 11.7 Å². The van der Waals surface area contributed by atoms with Crippen LogP contribution in [0.2, 0.25) is 0 Å². The van der Waals surface area contributed by atoms with Gasteiger partial charge in [-0.3, -0.25) is 0 Å². The summed E-state index contributed by atoms with van der Waals surface area (Å²) in [6, 6.07) is 15.0. The van der Waals surface area contributed by atoms with Gasteiger partial charge in [0.2, 0.25) is 0 Å². The SMILES string of the molecule is CN1CCN(CC(c2ccc(OCCc3cccc(F)c3)cc2)C2(O)CCCCC2)CC1. The van der Waals surface area contributed by atoms with Crippen molar-refractivity contribution in [2.45, 2.75) is 50.0 Å². The number of hydrogen-bond acceptors (Lipinski definition) is 4. The van der Waals surface area contributed by atoms with Crippen LogP contribution in [0.15, 0.2) is 48.5 Å². The standard InChI is InChI=1S/C27H37FN2O2/c1-29-15-17-30(18-16-29)21-26(27(31)13-3-2-4-14-27)23-8-10-25(11-9-23)32-19-12-22-6-5-7-24(28)20-22/h5-11,20,26,31H,2-4,12-19,21H2,1H3. The summed E-state index contributed by atoms with van der Waals surface area (Å²) in [7, 11) is 2.18. The lowest BCUT2D eigenvalue weighted by Gasteiger charge is -2.43. The van der Waals surface area contributed by atoms with Crippen molar-refractivity contribution in [3.8, 4) is 5.75 Å². The van der Waals surface area contributed by atoms with Crippen LogP contribution in [-0.2, 0) is 6.42 Å². The molecular weight excluding hydrogens is 403 g/mol. The Labute approximate surface area is 192 Å². The summed E-state index contributed by atoms with van der Waals surface area (Å²) >= 11 is 0. The van der Waals surface area contributed by atoms with E-state index in [4.69, 9.17) is 4.74 Å². The highest BCUT2D eigenvalue weighted by Gasteiger charge is 2.39. The second kappa shape index (κ2) is 10.8. The van der Waals surface area contributed by atoms with Crippen LogP contribution in [0.1, 0.15) is 49.1 Å². The first-order valence-electron chi connectivity index (χ1n) is 12.1. The average molecular weight is 441 g/mol. The van der Waals surface area contributed by atoms with E-state index in [1.807, 2.05) is 18.2 Å². The molecule has 1 atom stereocenters. The second-order valence-electron chi connectivity index (χ2n) is 9.62. The number of aliphatic hydroxyl groups is 1. The van der Waals surface area contributed by atoms with Crippen molar-refractivity contribution >= 4 is 0 Å². The van der Waals surface area contributed by atoms with Gasteiger partial charge in [0.05, 0.1) is 12.2 Å². The predicted octanol–water partition coefficient (Wildman–Crippen LogP) is 4.47. The molecule has 0 amide bonds. The minimum absolute atomic E-state index is 0.118. The lowest BCUT2D eigenvalue weighted by Crippen LogP contribution is -2.50. The summed E-state index contributed by atoms with van der Waals surface area (Å²) in [6.45, 7) is 5.71. The second-order valence-corrected chi connectivity index (χ2v) is 9.62. The van der Waals surface area contributed by atoms with Crippen molar-refractivity contribution in [2.24, 2.45) is 0 Å². The molecule has 1 N–H and O–H groups in total. The van der Waals surface area contributed by atoms with E-state index in [2.05, 4.69) is 29.0 Å². The maximum absolute atomic E-state index is 13.3. The summed E-state index contributed by atoms with van der Waals surface area (Å²) in [4.78, 5) is 4.89. The van der Waals surface area contributed by atoms with Crippen molar-refractivity contribution in [3.05, 3.63) is 65.5 Å². The number of hydrogen-bond donors (Lipinski definition) is 1. The minimum atomic E-state index is -0.624. The van der Waals surface area contributed by atoms with Gasteiger partial charge in [-0.05, 0) is 55.3 Å². The lowest BCUT2D eigenvalue weighted by atomic mass is 9.72. The van der Waals surface area contributed by atoms with Gasteiger partial charge in [0.25, 0.3) is 0 Å². The van der Waals surface area contributed by atoms with Crippen LogP contribution in [0.4, 0.5) is 4.39 Å². The van der Waals surface area contributed by atoms with Gasteiger partial charge in [0, 0.05) is 45.1 Å². The summed E-state index contributed by atoms with van der Waals surface area (Å²) in [5.74, 6) is 0.727. The Morgan fingerprint density at radius 1 is 1.00 bits per heavy atom. The summed E-state index contributed by atoms with van der Waals surface area (Å²) in [6.07, 6.45) is 5.88. The highest BCUT2D eigenvalue weighted by molar-refractivity contribution is 5.32. The van der Waals surface area contributed by atoms with E-state index in [0.29, 0.717) is 13.0 Å². The minimum Gasteiger partial charge on any atom is -0.493 e. The number of nitrogens with zero attached hydrogens (tertiary/aromatic N) is 2. The van der Waals surface area contributed by atoms with Crippen molar-refractivity contribution in [1.29, 1.82) is 0 Å². The van der Waals surface area contributed by atoms with Gasteiger partial charge >= 0.3 is 0 Å². The Kier molecular flexibility index (Phi) is 7.82. The molecule has 2 fully saturated rings. The Morgan fingerprint density at radius 3 is 2.41 bits per heavy atom. The Bertz CT molecular complexity index is 843. The summed E-state index contributed by atoms with van der Waals surface area (Å²) in [5, 5.41) is 11.6. The topological polar surface area (TPSA) is 35.9 Å². The number of benzene rings is 2. The molecule has 2 aromatic carbocycles. The molecule has 0 radical (unpaired) electrons. The molecule has 2 aromatic rings. The number of rotatable bonds is 8. The van der Waals surface area contributed by atoms with Gasteiger partial charge in [-0.2, -0.15) is 0 Å². The van der Waals surface area contributed by atoms with E-state index in [1.165, 1.54) is 18.1 Å². The molecule has 4 rings (SSSR count). The van der Waals surface area contributed by atoms with Gasteiger partial charge in [0.15, 0.2) is 0 Å². The molecule has 1 saturated heterocycles. The van der Waals surface area contributed by atoms with Crippen molar-refractivity contribution in [3.63, 3.8) is 0 Å². The highest BCUT2D eigenvalue weighted by atomic mass is 19.1. The largest absolute Gasteiger partial charge is 0.493 e. The van der Waals surface area contributed by atoms with E-state index in [9.17, 15) is 9.50 Å². The molecule has 0 aromatic heterocycles. The Hall–Kier alpha value is -1.95. The molecule has 1 aliphatic carbocycles. The lowest BCUT2D eigenvalue weighted by molar-refractivity contribution is -0.0337. The fraction of sp³-hybridized carbons (Fsp3) is 0.556. The molecule has 5 heteroatoms. The Morgan fingerprint density at radius 2 is 1.72 bits per heavy atom. The molecule has 1 unspecified atom stereocenters. The van der Waals surface area contributed by atoms with E-state index in [1.54, 1.807) is 12.1 Å². The number of likely N-dealkylation sites (N-methyl/N-ethyl adjacent to an activating group) is 1. The van der Waals surface area contributed by atoms with E-state index in [0.717, 1.165) is 69.7 Å². The third kappa shape index (κ3) is 6.09. The zero-order chi connectivity index (χ0) is 22.4. The molecular formula is C27H37FN2O2. The number of ether oxygens (including phenoxy) is 1. The fourth-order valence-corrected chi connectivity index (χ4v) is 5.16. The van der Waals surface area contributed by atoms with Crippen molar-refractivity contribution in [2.75, 3.05) is 46.4 Å². The van der Waals surface area contributed by atoms with Gasteiger partial charge in [-0.1, -0.05) is 43.5 Å². The first-order chi connectivity index (χ1) is 15.5. The molecule has 174 valence electrons. The van der Waals surface area contributed by atoms with Crippen LogP contribution >= 0.6 is 0 Å². The van der Waals surface area contributed by atoms with Gasteiger partial charge in [0.1, 0.15) is 11.6 Å². The molecule has 1 heterocycles. The molecule has 1 aliphatic heterocycles. The van der Waals surface area contributed by atoms with Crippen molar-refractivity contribution < 1.29 is 14.2 Å². The molecule has 0 spiro atoms. The van der Waals surface area contributed by atoms with Crippen LogP contribution < -0.4 is 4.74 Å². The summed E-state index contributed by atoms with van der Waals surface area (Å²) in [5.41, 5.74) is 1.51. The van der Waals surface area contributed by atoms with Crippen molar-refractivity contribution in [1.82, 2.24) is 9.80 Å². The van der Waals surface area contributed by atoms with Crippen LogP contribution in [0.3, 0.4) is 0 Å². The maximum Gasteiger partial charge on any atom is 0.123 e. The molecule has 32 heavy (non-hydrogen) atoms. The maximum atomic E-state index is 13.3. The predicted molar refractivity (Wildman–Crippen MR) is 127 cm³/mol. The van der Waals surface area contributed by atoms with Gasteiger partial charge < -0.3 is 19.6 Å².